The summed E-state index contributed by atoms with van der Waals surface area (Å²) in [6, 6.07) is 26.8. The molecule has 262 valence electrons. The zero-order chi connectivity index (χ0) is 34.5. The van der Waals surface area contributed by atoms with Crippen molar-refractivity contribution >= 4 is 29.3 Å². The molecule has 3 heterocycles. The first-order valence-electron chi connectivity index (χ1n) is 18.3. The van der Waals surface area contributed by atoms with Crippen LogP contribution in [0.25, 0.3) is 0 Å². The lowest BCUT2D eigenvalue weighted by atomic mass is 9.85. The molecule has 3 fully saturated rings. The van der Waals surface area contributed by atoms with Crippen molar-refractivity contribution in [3.8, 4) is 0 Å². The van der Waals surface area contributed by atoms with E-state index in [1.54, 1.807) is 12.1 Å². The highest BCUT2D eigenvalue weighted by molar-refractivity contribution is 6.23. The number of fused-ring (bicyclic) bond motifs is 1. The molecule has 10 heteroatoms. The van der Waals surface area contributed by atoms with Crippen LogP contribution in [-0.2, 0) is 22.7 Å². The fourth-order valence-corrected chi connectivity index (χ4v) is 8.09. The van der Waals surface area contributed by atoms with E-state index in [4.69, 9.17) is 0 Å². The topological polar surface area (TPSA) is 105 Å². The Hall–Kier alpha value is -4.38. The maximum absolute atomic E-state index is 13.3. The third-order valence-corrected chi connectivity index (χ3v) is 11.0. The van der Waals surface area contributed by atoms with Crippen LogP contribution in [0.1, 0.15) is 70.4 Å². The minimum Gasteiger partial charge on any atom is -0.369 e. The number of anilines is 1. The van der Waals surface area contributed by atoms with Crippen molar-refractivity contribution in [2.24, 2.45) is 5.92 Å². The van der Waals surface area contributed by atoms with E-state index < -0.39 is 23.8 Å². The maximum Gasteiger partial charge on any atom is 0.262 e. The largest absolute Gasteiger partial charge is 0.369 e. The van der Waals surface area contributed by atoms with Crippen molar-refractivity contribution in [2.45, 2.75) is 63.7 Å². The molecule has 50 heavy (non-hydrogen) atoms. The molecular formula is C40H48N6O4. The second kappa shape index (κ2) is 15.7. The summed E-state index contributed by atoms with van der Waals surface area (Å²) < 4.78 is 0. The highest BCUT2D eigenvalue weighted by Crippen LogP contribution is 2.32. The molecule has 3 aromatic carbocycles. The van der Waals surface area contributed by atoms with Crippen LogP contribution in [0.3, 0.4) is 0 Å². The quantitative estimate of drug-likeness (QED) is 0.219. The second-order valence-corrected chi connectivity index (χ2v) is 14.3. The Kier molecular flexibility index (Phi) is 10.7. The van der Waals surface area contributed by atoms with Gasteiger partial charge in [0.25, 0.3) is 11.8 Å². The SMILES string of the molecule is O=C1CCC(N2C(=O)c3ccc(N4CCN(CCNCC5CCC(N(Cc6ccccc6)Cc6ccccc6)CC5)CC4)cc3C2=O)C(=O)N1. The molecule has 1 atom stereocenters. The van der Waals surface area contributed by atoms with Crippen molar-refractivity contribution in [1.29, 1.82) is 0 Å². The molecule has 4 amide bonds. The Balaban J connectivity index is 0.834. The summed E-state index contributed by atoms with van der Waals surface area (Å²) in [7, 11) is 0. The number of rotatable bonds is 12. The van der Waals surface area contributed by atoms with Gasteiger partial charge in [-0.05, 0) is 73.9 Å². The van der Waals surface area contributed by atoms with Crippen molar-refractivity contribution in [3.63, 3.8) is 0 Å². The van der Waals surface area contributed by atoms with Gasteiger partial charge in [-0.25, -0.2) is 0 Å². The number of carbonyl (C=O) groups is 4. The van der Waals surface area contributed by atoms with Crippen LogP contribution >= 0.6 is 0 Å². The predicted octanol–water partition coefficient (Wildman–Crippen LogP) is 4.06. The zero-order valence-corrected chi connectivity index (χ0v) is 28.8. The van der Waals surface area contributed by atoms with Gasteiger partial charge < -0.3 is 10.2 Å². The number of nitrogens with one attached hydrogen (secondary N) is 2. The molecule has 1 saturated carbocycles. The van der Waals surface area contributed by atoms with E-state index in [9.17, 15) is 19.2 Å². The van der Waals surface area contributed by atoms with Gasteiger partial charge in [0, 0.05) is 70.5 Å². The van der Waals surface area contributed by atoms with Gasteiger partial charge >= 0.3 is 0 Å². The first kappa shape index (κ1) is 34.1. The van der Waals surface area contributed by atoms with Crippen molar-refractivity contribution in [1.82, 2.24) is 25.3 Å². The number of nitrogens with zero attached hydrogens (tertiary/aromatic N) is 4. The molecule has 4 aliphatic rings. The first-order chi connectivity index (χ1) is 24.4. The molecule has 1 aliphatic carbocycles. The monoisotopic (exact) mass is 676 g/mol. The molecule has 2 saturated heterocycles. The van der Waals surface area contributed by atoms with Crippen molar-refractivity contribution in [2.75, 3.05) is 50.7 Å². The minimum absolute atomic E-state index is 0.111. The Morgan fingerprint density at radius 1 is 0.720 bits per heavy atom. The molecule has 10 nitrogen and oxygen atoms in total. The van der Waals surface area contributed by atoms with Crippen LogP contribution in [0.15, 0.2) is 78.9 Å². The molecule has 0 radical (unpaired) electrons. The van der Waals surface area contributed by atoms with Gasteiger partial charge in [0.1, 0.15) is 6.04 Å². The summed E-state index contributed by atoms with van der Waals surface area (Å²) in [5.74, 6) is -1.17. The highest BCUT2D eigenvalue weighted by Gasteiger charge is 2.44. The average molecular weight is 677 g/mol. The molecule has 0 bridgehead atoms. The summed E-state index contributed by atoms with van der Waals surface area (Å²) in [4.78, 5) is 58.8. The number of imide groups is 2. The molecule has 2 N–H and O–H groups in total. The van der Waals surface area contributed by atoms with Gasteiger partial charge in [-0.1, -0.05) is 60.7 Å². The predicted molar refractivity (Wildman–Crippen MR) is 193 cm³/mol. The molecule has 3 aromatic rings. The van der Waals surface area contributed by atoms with E-state index in [-0.39, 0.29) is 18.7 Å². The second-order valence-electron chi connectivity index (χ2n) is 14.3. The molecule has 0 aromatic heterocycles. The van der Waals surface area contributed by atoms with E-state index in [0.717, 1.165) is 75.4 Å². The summed E-state index contributed by atoms with van der Waals surface area (Å²) >= 11 is 0. The Morgan fingerprint density at radius 3 is 2.00 bits per heavy atom. The molecular weight excluding hydrogens is 628 g/mol. The van der Waals surface area contributed by atoms with E-state index in [1.165, 1.54) is 36.8 Å². The summed E-state index contributed by atoms with van der Waals surface area (Å²) in [5, 5.41) is 6.00. The van der Waals surface area contributed by atoms with E-state index in [2.05, 4.69) is 86.0 Å². The normalized spacial score (nSPS) is 23.0. The Morgan fingerprint density at radius 2 is 1.36 bits per heavy atom. The highest BCUT2D eigenvalue weighted by atomic mass is 16.2. The van der Waals surface area contributed by atoms with Crippen LogP contribution in [0.2, 0.25) is 0 Å². The number of hydrogen-bond acceptors (Lipinski definition) is 8. The van der Waals surface area contributed by atoms with Crippen LogP contribution < -0.4 is 15.5 Å². The molecule has 7 rings (SSSR count). The molecule has 1 unspecified atom stereocenters. The lowest BCUT2D eigenvalue weighted by Gasteiger charge is -2.38. The standard InChI is InChI=1S/C40H48N6O4/c47-37-18-17-36(38(48)42-37)46-39(49)34-16-15-33(25-35(34)40(46)50)44-23-21-43(22-24-44)20-19-41-26-29-11-13-32(14-12-29)45(27-30-7-3-1-4-8-30)28-31-9-5-2-6-10-31/h1-10,15-16,25,29,32,36,41H,11-14,17-24,26-28H2,(H,42,47,48). The number of piperidine rings is 1. The number of piperazine rings is 1. The average Bonchev–Trinajstić information content (AvgIpc) is 3.39. The lowest BCUT2D eigenvalue weighted by molar-refractivity contribution is -0.136. The van der Waals surface area contributed by atoms with Gasteiger partial charge in [-0.3, -0.25) is 39.2 Å². The van der Waals surface area contributed by atoms with Gasteiger partial charge in [0.05, 0.1) is 11.1 Å². The van der Waals surface area contributed by atoms with Crippen molar-refractivity contribution in [3.05, 3.63) is 101 Å². The van der Waals surface area contributed by atoms with Crippen LogP contribution in [-0.4, -0.2) is 96.2 Å². The van der Waals surface area contributed by atoms with Crippen LogP contribution in [0.4, 0.5) is 5.69 Å². The molecule has 0 spiro atoms. The lowest BCUT2D eigenvalue weighted by Crippen LogP contribution is -2.54. The van der Waals surface area contributed by atoms with E-state index in [0.29, 0.717) is 17.2 Å². The van der Waals surface area contributed by atoms with Crippen LogP contribution in [0.5, 0.6) is 0 Å². The van der Waals surface area contributed by atoms with E-state index >= 15 is 0 Å². The molecule has 3 aliphatic heterocycles. The van der Waals surface area contributed by atoms with Gasteiger partial charge in [0.15, 0.2) is 0 Å². The Bertz CT molecular complexity index is 1630. The summed E-state index contributed by atoms with van der Waals surface area (Å²) in [6.45, 7) is 8.56. The number of benzene rings is 3. The van der Waals surface area contributed by atoms with Crippen molar-refractivity contribution < 1.29 is 19.2 Å². The van der Waals surface area contributed by atoms with Gasteiger partial charge in [-0.15, -0.1) is 0 Å². The van der Waals surface area contributed by atoms with Crippen LogP contribution in [0, 0.1) is 5.92 Å². The minimum atomic E-state index is -0.948. The number of carbonyl (C=O) groups excluding carboxylic acids is 4. The zero-order valence-electron chi connectivity index (χ0n) is 28.8. The third-order valence-electron chi connectivity index (χ3n) is 11.0. The van der Waals surface area contributed by atoms with Gasteiger partial charge in [0.2, 0.25) is 11.8 Å². The Labute approximate surface area is 294 Å². The smallest absolute Gasteiger partial charge is 0.262 e. The summed E-state index contributed by atoms with van der Waals surface area (Å²) in [6.07, 6.45) is 5.27. The third kappa shape index (κ3) is 7.83. The summed E-state index contributed by atoms with van der Waals surface area (Å²) in [5.41, 5.74) is 4.32. The maximum atomic E-state index is 13.3. The fraction of sp³-hybridized carbons (Fsp3) is 0.450. The van der Waals surface area contributed by atoms with Gasteiger partial charge in [-0.2, -0.15) is 0 Å². The number of amides is 4. The number of hydrogen-bond donors (Lipinski definition) is 2. The fourth-order valence-electron chi connectivity index (χ4n) is 8.09. The van der Waals surface area contributed by atoms with E-state index in [1.807, 2.05) is 6.07 Å². The first-order valence-corrected chi connectivity index (χ1v) is 18.3.